The number of rotatable bonds is 5. The molecule has 25 heavy (non-hydrogen) atoms. The molecule has 1 aromatic rings. The van der Waals surface area contributed by atoms with Crippen molar-refractivity contribution >= 4 is 11.8 Å². The van der Waals surface area contributed by atoms with Gasteiger partial charge >= 0.3 is 6.09 Å². The lowest BCUT2D eigenvalue weighted by atomic mass is 10.00. The van der Waals surface area contributed by atoms with Gasteiger partial charge in [-0.05, 0) is 12.1 Å². The molecule has 0 bridgehead atoms. The first-order valence-electron chi connectivity index (χ1n) is 9.02. The zero-order chi connectivity index (χ0) is 18.0. The zero-order valence-electron chi connectivity index (χ0n) is 15.5. The number of para-hydroxylation sites is 1. The summed E-state index contributed by atoms with van der Waals surface area (Å²) in [6, 6.07) is 9.31. The van der Waals surface area contributed by atoms with E-state index in [1.54, 1.807) is 0 Å². The Morgan fingerprint density at radius 1 is 1.16 bits per heavy atom. The Labute approximate surface area is 149 Å². The molecule has 2 saturated heterocycles. The summed E-state index contributed by atoms with van der Waals surface area (Å²) in [6.07, 6.45) is -0.313. The van der Waals surface area contributed by atoms with Gasteiger partial charge in [0, 0.05) is 17.5 Å². The van der Waals surface area contributed by atoms with Gasteiger partial charge in [-0.15, -0.1) is 0 Å². The Hall–Kier alpha value is -1.63. The minimum absolute atomic E-state index is 0.0654. The summed E-state index contributed by atoms with van der Waals surface area (Å²) in [6.45, 7) is 10.0. The molecule has 6 nitrogen and oxygen atoms in total. The third kappa shape index (κ3) is 3.66. The van der Waals surface area contributed by atoms with Crippen LogP contribution in [-0.2, 0) is 14.2 Å². The first-order valence-corrected chi connectivity index (χ1v) is 9.02. The SMILES string of the molecule is CC(C)[C@H]1OCC2(COC(=O)Nc3ccccc3)CO[C@H](C(C)C)[NH+]12. The van der Waals surface area contributed by atoms with Crippen LogP contribution in [0, 0.1) is 11.8 Å². The number of ether oxygens (including phenoxy) is 3. The fraction of sp³-hybridized carbons (Fsp3) is 0.632. The second-order valence-electron chi connectivity index (χ2n) is 7.75. The highest BCUT2D eigenvalue weighted by Gasteiger charge is 2.62. The summed E-state index contributed by atoms with van der Waals surface area (Å²) in [5, 5.41) is 2.76. The normalized spacial score (nSPS) is 31.4. The topological polar surface area (TPSA) is 61.2 Å². The molecule has 138 valence electrons. The molecule has 0 aromatic heterocycles. The molecule has 2 atom stereocenters. The molecule has 0 aliphatic carbocycles. The van der Waals surface area contributed by atoms with Crippen molar-refractivity contribution in [2.45, 2.75) is 45.7 Å². The van der Waals surface area contributed by atoms with Crippen molar-refractivity contribution in [1.82, 2.24) is 0 Å². The van der Waals surface area contributed by atoms with Gasteiger partial charge in [0.15, 0.2) is 24.6 Å². The maximum absolute atomic E-state index is 12.2. The number of quaternary nitrogens is 1. The van der Waals surface area contributed by atoms with Crippen LogP contribution < -0.4 is 10.2 Å². The van der Waals surface area contributed by atoms with Crippen molar-refractivity contribution in [2.24, 2.45) is 11.8 Å². The molecule has 0 radical (unpaired) electrons. The predicted molar refractivity (Wildman–Crippen MR) is 94.3 cm³/mol. The van der Waals surface area contributed by atoms with Crippen LogP contribution in [0.25, 0.3) is 0 Å². The maximum atomic E-state index is 12.2. The number of fused-ring (bicyclic) bond motifs is 1. The smallest absolute Gasteiger partial charge is 0.411 e. The first-order chi connectivity index (χ1) is 11.9. The molecule has 2 N–H and O–H groups in total. The van der Waals surface area contributed by atoms with Crippen molar-refractivity contribution < 1.29 is 23.9 Å². The number of hydrogen-bond donors (Lipinski definition) is 2. The van der Waals surface area contributed by atoms with Crippen LogP contribution in [0.5, 0.6) is 0 Å². The molecule has 0 unspecified atom stereocenters. The lowest BCUT2D eigenvalue weighted by Gasteiger charge is -2.33. The van der Waals surface area contributed by atoms with Crippen LogP contribution in [0.3, 0.4) is 0 Å². The number of benzene rings is 1. The second kappa shape index (κ2) is 7.32. The van der Waals surface area contributed by atoms with E-state index in [1.165, 1.54) is 4.90 Å². The number of amides is 1. The minimum Gasteiger partial charge on any atom is -0.442 e. The van der Waals surface area contributed by atoms with Crippen molar-refractivity contribution in [3.05, 3.63) is 30.3 Å². The first kappa shape index (κ1) is 18.2. The minimum atomic E-state index is -0.444. The molecule has 0 spiro atoms. The number of anilines is 1. The molecule has 2 aliphatic rings. The highest BCUT2D eigenvalue weighted by Crippen LogP contribution is 2.24. The molecule has 0 saturated carbocycles. The van der Waals surface area contributed by atoms with Crippen LogP contribution >= 0.6 is 0 Å². The van der Waals surface area contributed by atoms with E-state index in [-0.39, 0.29) is 24.6 Å². The Kier molecular flexibility index (Phi) is 5.32. The Morgan fingerprint density at radius 2 is 1.72 bits per heavy atom. The largest absolute Gasteiger partial charge is 0.442 e. The van der Waals surface area contributed by atoms with Gasteiger partial charge in [0.25, 0.3) is 0 Å². The van der Waals surface area contributed by atoms with Gasteiger partial charge < -0.3 is 14.2 Å². The monoisotopic (exact) mass is 349 g/mol. The summed E-state index contributed by atoms with van der Waals surface area (Å²) >= 11 is 0. The van der Waals surface area contributed by atoms with Crippen molar-refractivity contribution in [3.63, 3.8) is 0 Å². The van der Waals surface area contributed by atoms with Gasteiger partial charge in [0.2, 0.25) is 0 Å². The van der Waals surface area contributed by atoms with Crippen LogP contribution in [0.1, 0.15) is 27.7 Å². The molecule has 1 aromatic carbocycles. The van der Waals surface area contributed by atoms with Crippen LogP contribution in [0.4, 0.5) is 10.5 Å². The highest BCUT2D eigenvalue weighted by molar-refractivity contribution is 5.84. The molecular weight excluding hydrogens is 320 g/mol. The number of carbonyl (C=O) groups is 1. The summed E-state index contributed by atoms with van der Waals surface area (Å²) in [5.74, 6) is 0.746. The van der Waals surface area contributed by atoms with E-state index >= 15 is 0 Å². The van der Waals surface area contributed by atoms with E-state index in [4.69, 9.17) is 14.2 Å². The van der Waals surface area contributed by atoms with Gasteiger partial charge in [0.1, 0.15) is 13.2 Å². The van der Waals surface area contributed by atoms with Crippen molar-refractivity contribution in [2.75, 3.05) is 25.1 Å². The van der Waals surface area contributed by atoms with E-state index in [0.717, 1.165) is 5.69 Å². The van der Waals surface area contributed by atoms with Gasteiger partial charge in [-0.3, -0.25) is 10.2 Å². The number of carbonyl (C=O) groups excluding carboxylic acids is 1. The summed E-state index contributed by atoms with van der Waals surface area (Å²) < 4.78 is 17.7. The number of nitrogens with one attached hydrogen (secondary N) is 2. The van der Waals surface area contributed by atoms with Crippen LogP contribution in [-0.4, -0.2) is 43.9 Å². The molecule has 6 heteroatoms. The van der Waals surface area contributed by atoms with Crippen LogP contribution in [0.15, 0.2) is 30.3 Å². The average Bonchev–Trinajstić information content (AvgIpc) is 3.10. The van der Waals surface area contributed by atoms with E-state index in [2.05, 4.69) is 33.0 Å². The zero-order valence-corrected chi connectivity index (χ0v) is 15.5. The fourth-order valence-electron chi connectivity index (χ4n) is 3.80. The third-order valence-electron chi connectivity index (χ3n) is 5.01. The van der Waals surface area contributed by atoms with E-state index in [1.807, 2.05) is 30.3 Å². The standard InChI is InChI=1S/C19H28N2O4/c1-13(2)16-21-17(14(3)4)24-11-19(21,10-23-16)12-25-18(22)20-15-8-6-5-7-9-15/h5-9,13-14,16-17H,10-12H2,1-4H3,(H,20,22)/p+1/t16-,17-/m1/s1. The predicted octanol–water partition coefficient (Wildman–Crippen LogP) is 1.88. The molecule has 2 heterocycles. The molecular formula is C19H29N2O4+. The highest BCUT2D eigenvalue weighted by atomic mass is 16.6. The van der Waals surface area contributed by atoms with E-state index in [9.17, 15) is 4.79 Å². The summed E-state index contributed by atoms with van der Waals surface area (Å²) in [5.41, 5.74) is 0.400. The van der Waals surface area contributed by atoms with E-state index in [0.29, 0.717) is 25.0 Å². The lowest BCUT2D eigenvalue weighted by molar-refractivity contribution is -0.995. The van der Waals surface area contributed by atoms with Gasteiger partial charge in [-0.1, -0.05) is 45.9 Å². The van der Waals surface area contributed by atoms with Gasteiger partial charge in [-0.25, -0.2) is 4.79 Å². The average molecular weight is 349 g/mol. The van der Waals surface area contributed by atoms with E-state index < -0.39 is 6.09 Å². The molecule has 1 amide bonds. The van der Waals surface area contributed by atoms with Crippen LogP contribution in [0.2, 0.25) is 0 Å². The fourth-order valence-corrected chi connectivity index (χ4v) is 3.80. The summed E-state index contributed by atoms with van der Waals surface area (Å²) in [7, 11) is 0. The quantitative estimate of drug-likeness (QED) is 0.852. The lowest BCUT2D eigenvalue weighted by Crippen LogP contribution is -3.24. The van der Waals surface area contributed by atoms with Crippen molar-refractivity contribution in [3.8, 4) is 0 Å². The Balaban J connectivity index is 1.67. The molecule has 3 rings (SSSR count). The maximum Gasteiger partial charge on any atom is 0.411 e. The molecule has 2 aliphatic heterocycles. The van der Waals surface area contributed by atoms with Gasteiger partial charge in [-0.2, -0.15) is 0 Å². The third-order valence-corrected chi connectivity index (χ3v) is 5.01. The van der Waals surface area contributed by atoms with Crippen molar-refractivity contribution in [1.29, 1.82) is 0 Å². The second-order valence-corrected chi connectivity index (χ2v) is 7.75. The Bertz CT molecular complexity index is 570. The Morgan fingerprint density at radius 3 is 2.24 bits per heavy atom. The molecule has 2 fully saturated rings. The summed E-state index contributed by atoms with van der Waals surface area (Å²) in [4.78, 5) is 13.4. The number of hydrogen-bond acceptors (Lipinski definition) is 4. The van der Waals surface area contributed by atoms with Gasteiger partial charge in [0.05, 0.1) is 0 Å².